The fourth-order valence-electron chi connectivity index (χ4n) is 2.81. The number of ether oxygens (including phenoxy) is 2. The van der Waals surface area contributed by atoms with Crippen LogP contribution in [0.4, 0.5) is 0 Å². The third kappa shape index (κ3) is 3.07. The number of methoxy groups -OCH3 is 1. The van der Waals surface area contributed by atoms with E-state index in [2.05, 4.69) is 5.32 Å². The molecule has 0 saturated carbocycles. The number of fused-ring (bicyclic) bond motifs is 1. The molecule has 2 aromatic rings. The molecule has 2 atom stereocenters. The van der Waals surface area contributed by atoms with Gasteiger partial charge in [-0.05, 0) is 31.9 Å². The molecule has 0 unspecified atom stereocenters. The first-order valence-electron chi connectivity index (χ1n) is 7.63. The number of hydrogen-bond donors (Lipinski definition) is 1. The van der Waals surface area contributed by atoms with Crippen LogP contribution in [0.15, 0.2) is 33.5 Å². The van der Waals surface area contributed by atoms with Gasteiger partial charge >= 0.3 is 5.63 Å². The van der Waals surface area contributed by atoms with Gasteiger partial charge in [0.1, 0.15) is 5.56 Å². The Labute approximate surface area is 133 Å². The molecule has 1 N–H and O–H groups in total. The minimum absolute atomic E-state index is 0.00783. The number of carbonyl (C=O) groups excluding carboxylic acids is 1. The zero-order valence-electron chi connectivity index (χ0n) is 13.1. The molecule has 2 heterocycles. The molecule has 1 aromatic heterocycles. The molecule has 0 spiro atoms. The van der Waals surface area contributed by atoms with Crippen molar-refractivity contribution in [1.82, 2.24) is 5.32 Å². The maximum absolute atomic E-state index is 12.4. The van der Waals surface area contributed by atoms with Gasteiger partial charge in [0.25, 0.3) is 5.91 Å². The van der Waals surface area contributed by atoms with Crippen molar-refractivity contribution in [3.8, 4) is 5.75 Å². The Hall–Kier alpha value is -2.34. The summed E-state index contributed by atoms with van der Waals surface area (Å²) in [7, 11) is 1.50. The van der Waals surface area contributed by atoms with Crippen LogP contribution in [0.1, 0.15) is 30.1 Å². The first-order chi connectivity index (χ1) is 11.1. The third-order valence-electron chi connectivity index (χ3n) is 4.07. The molecule has 6 nitrogen and oxygen atoms in total. The lowest BCUT2D eigenvalue weighted by Crippen LogP contribution is -2.42. The van der Waals surface area contributed by atoms with E-state index in [0.29, 0.717) is 23.3 Å². The zero-order valence-corrected chi connectivity index (χ0v) is 13.1. The molecule has 3 rings (SSSR count). The smallest absolute Gasteiger partial charge is 0.349 e. The van der Waals surface area contributed by atoms with Gasteiger partial charge in [-0.15, -0.1) is 0 Å². The molecule has 0 bridgehead atoms. The van der Waals surface area contributed by atoms with Crippen LogP contribution < -0.4 is 15.7 Å². The third-order valence-corrected chi connectivity index (χ3v) is 4.07. The summed E-state index contributed by atoms with van der Waals surface area (Å²) >= 11 is 0. The van der Waals surface area contributed by atoms with Crippen LogP contribution in [-0.2, 0) is 4.74 Å². The van der Waals surface area contributed by atoms with Crippen molar-refractivity contribution < 1.29 is 18.7 Å². The second-order valence-electron chi connectivity index (χ2n) is 5.64. The average molecular weight is 317 g/mol. The van der Waals surface area contributed by atoms with E-state index in [1.165, 1.54) is 13.2 Å². The molecule has 1 saturated heterocycles. The Morgan fingerprint density at radius 3 is 2.96 bits per heavy atom. The minimum atomic E-state index is -0.681. The van der Waals surface area contributed by atoms with Gasteiger partial charge in [0.2, 0.25) is 0 Å². The molecule has 0 radical (unpaired) electrons. The van der Waals surface area contributed by atoms with Crippen LogP contribution in [0.25, 0.3) is 11.0 Å². The number of carbonyl (C=O) groups is 1. The van der Waals surface area contributed by atoms with Crippen molar-refractivity contribution in [3.05, 3.63) is 40.2 Å². The van der Waals surface area contributed by atoms with Crippen molar-refractivity contribution >= 4 is 16.9 Å². The van der Waals surface area contributed by atoms with E-state index in [0.717, 1.165) is 12.8 Å². The standard InChI is InChI=1S/C17H19NO5/c1-10(13-7-4-8-22-13)18-16(19)12-9-11-5-3-6-14(21-2)15(11)23-17(12)20/h3,5-6,9-10,13H,4,7-8H2,1-2H3,(H,18,19)/t10-,13+/m0/s1. The molecular weight excluding hydrogens is 298 g/mol. The molecule has 122 valence electrons. The first kappa shape index (κ1) is 15.6. The van der Waals surface area contributed by atoms with E-state index in [4.69, 9.17) is 13.9 Å². The maximum atomic E-state index is 12.4. The fourth-order valence-corrected chi connectivity index (χ4v) is 2.81. The second-order valence-corrected chi connectivity index (χ2v) is 5.64. The van der Waals surface area contributed by atoms with Gasteiger partial charge in [0.05, 0.1) is 19.3 Å². The molecule has 23 heavy (non-hydrogen) atoms. The molecule has 1 aromatic carbocycles. The van der Waals surface area contributed by atoms with Crippen molar-refractivity contribution in [2.24, 2.45) is 0 Å². The zero-order chi connectivity index (χ0) is 16.4. The van der Waals surface area contributed by atoms with Crippen molar-refractivity contribution in [2.75, 3.05) is 13.7 Å². The van der Waals surface area contributed by atoms with Crippen LogP contribution in [0.3, 0.4) is 0 Å². The molecule has 0 aliphatic carbocycles. The normalized spacial score (nSPS) is 18.8. The summed E-state index contributed by atoms with van der Waals surface area (Å²) in [6.07, 6.45) is 1.89. The summed E-state index contributed by atoms with van der Waals surface area (Å²) in [4.78, 5) is 24.5. The largest absolute Gasteiger partial charge is 0.493 e. The topological polar surface area (TPSA) is 77.8 Å². The number of benzene rings is 1. The van der Waals surface area contributed by atoms with E-state index in [9.17, 15) is 9.59 Å². The lowest BCUT2D eigenvalue weighted by atomic mass is 10.1. The van der Waals surface area contributed by atoms with Gasteiger partial charge in [-0.25, -0.2) is 4.79 Å². The van der Waals surface area contributed by atoms with E-state index >= 15 is 0 Å². The van der Waals surface area contributed by atoms with Crippen molar-refractivity contribution in [1.29, 1.82) is 0 Å². The predicted molar refractivity (Wildman–Crippen MR) is 84.9 cm³/mol. The Bertz CT molecular complexity index is 776. The van der Waals surface area contributed by atoms with Gasteiger partial charge in [-0.3, -0.25) is 4.79 Å². The summed E-state index contributed by atoms with van der Waals surface area (Å²) in [6.45, 7) is 2.59. The van der Waals surface area contributed by atoms with E-state index < -0.39 is 11.5 Å². The molecule has 1 aliphatic heterocycles. The van der Waals surface area contributed by atoms with Crippen molar-refractivity contribution in [2.45, 2.75) is 31.9 Å². The first-order valence-corrected chi connectivity index (χ1v) is 7.63. The fraction of sp³-hybridized carbons (Fsp3) is 0.412. The average Bonchev–Trinajstić information content (AvgIpc) is 3.08. The monoisotopic (exact) mass is 317 g/mol. The SMILES string of the molecule is COc1cccc2cc(C(=O)N[C@@H](C)[C@H]3CCCO3)c(=O)oc12. The van der Waals surface area contributed by atoms with Crippen LogP contribution in [0.5, 0.6) is 5.75 Å². The highest BCUT2D eigenvalue weighted by atomic mass is 16.5. The van der Waals surface area contributed by atoms with Crippen LogP contribution in [0.2, 0.25) is 0 Å². The minimum Gasteiger partial charge on any atom is -0.493 e. The number of rotatable bonds is 4. The van der Waals surface area contributed by atoms with E-state index in [-0.39, 0.29) is 17.7 Å². The summed E-state index contributed by atoms with van der Waals surface area (Å²) in [5, 5.41) is 3.45. The Morgan fingerprint density at radius 2 is 2.26 bits per heavy atom. The van der Waals surface area contributed by atoms with Crippen LogP contribution >= 0.6 is 0 Å². The van der Waals surface area contributed by atoms with E-state index in [1.54, 1.807) is 18.2 Å². The molecule has 1 amide bonds. The van der Waals surface area contributed by atoms with Crippen LogP contribution in [0, 0.1) is 0 Å². The lowest BCUT2D eigenvalue weighted by molar-refractivity contribution is 0.0710. The molecule has 6 heteroatoms. The molecule has 1 aliphatic rings. The van der Waals surface area contributed by atoms with E-state index in [1.807, 2.05) is 6.92 Å². The number of nitrogens with one attached hydrogen (secondary N) is 1. The van der Waals surface area contributed by atoms with Gasteiger partial charge in [0.15, 0.2) is 11.3 Å². The van der Waals surface area contributed by atoms with Crippen molar-refractivity contribution in [3.63, 3.8) is 0 Å². The molecule has 1 fully saturated rings. The number of para-hydroxylation sites is 1. The van der Waals surface area contributed by atoms with Gasteiger partial charge in [0, 0.05) is 12.0 Å². The van der Waals surface area contributed by atoms with Gasteiger partial charge < -0.3 is 19.2 Å². The Kier molecular flexibility index (Phi) is 4.34. The maximum Gasteiger partial charge on any atom is 0.349 e. The summed E-state index contributed by atoms with van der Waals surface area (Å²) < 4.78 is 16.0. The summed E-state index contributed by atoms with van der Waals surface area (Å²) in [5.41, 5.74) is -0.363. The van der Waals surface area contributed by atoms with Gasteiger partial charge in [-0.1, -0.05) is 12.1 Å². The Balaban J connectivity index is 1.88. The highest BCUT2D eigenvalue weighted by Gasteiger charge is 2.25. The lowest BCUT2D eigenvalue weighted by Gasteiger charge is -2.19. The quantitative estimate of drug-likeness (QED) is 0.874. The highest BCUT2D eigenvalue weighted by molar-refractivity contribution is 5.97. The predicted octanol–water partition coefficient (Wildman–Crippen LogP) is 2.10. The molecular formula is C17H19NO5. The number of amides is 1. The summed E-state index contributed by atoms with van der Waals surface area (Å²) in [5.74, 6) is 0.00533. The summed E-state index contributed by atoms with van der Waals surface area (Å²) in [6, 6.07) is 6.61. The highest BCUT2D eigenvalue weighted by Crippen LogP contribution is 2.24. The second kappa shape index (κ2) is 6.42. The number of hydrogen-bond acceptors (Lipinski definition) is 5. The van der Waals surface area contributed by atoms with Crippen LogP contribution in [-0.4, -0.2) is 31.8 Å². The van der Waals surface area contributed by atoms with Gasteiger partial charge in [-0.2, -0.15) is 0 Å². The Morgan fingerprint density at radius 1 is 1.43 bits per heavy atom.